The first kappa shape index (κ1) is 32.2. The van der Waals surface area contributed by atoms with Crippen molar-refractivity contribution in [1.29, 1.82) is 0 Å². The van der Waals surface area contributed by atoms with Crippen molar-refractivity contribution >= 4 is 39.1 Å². The Hall–Kier alpha value is -4.72. The third-order valence-corrected chi connectivity index (χ3v) is 8.04. The van der Waals surface area contributed by atoms with Gasteiger partial charge in [0, 0.05) is 37.1 Å². The van der Waals surface area contributed by atoms with Gasteiger partial charge < -0.3 is 24.4 Å². The number of sulfonamides is 1. The number of carbonyl (C=O) groups excluding carboxylic acids is 1. The van der Waals surface area contributed by atoms with E-state index in [1.807, 2.05) is 51.0 Å². The van der Waals surface area contributed by atoms with E-state index < -0.39 is 16.1 Å². The second-order valence-corrected chi connectivity index (χ2v) is 11.8. The van der Waals surface area contributed by atoms with Gasteiger partial charge in [-0.05, 0) is 75.5 Å². The van der Waals surface area contributed by atoms with E-state index in [-0.39, 0.29) is 16.7 Å². The van der Waals surface area contributed by atoms with E-state index in [0.717, 1.165) is 11.1 Å². The van der Waals surface area contributed by atoms with Gasteiger partial charge in [0.15, 0.2) is 0 Å². The number of ether oxygens (including phenoxy) is 3. The standard InChI is InChI=1S/C31H36N6O6S/c1-21-8-7-9-22(2)29(21)37(26-15-12-24(41-5)20-27(26)42-6)31(38)43-28-16-17-32-30(35-28)34-23-10-13-25(14-11-23)44(39,40)33-18-19-36(3)4/h7-17,20,33H,18-19H2,1-6H3,(H,32,34,35). The van der Waals surface area contributed by atoms with E-state index in [4.69, 9.17) is 14.2 Å². The number of aromatic nitrogens is 2. The van der Waals surface area contributed by atoms with Crippen LogP contribution in [0.5, 0.6) is 17.4 Å². The monoisotopic (exact) mass is 620 g/mol. The molecule has 0 unspecified atom stereocenters. The first-order valence-corrected chi connectivity index (χ1v) is 15.2. The molecule has 0 radical (unpaired) electrons. The van der Waals surface area contributed by atoms with Gasteiger partial charge >= 0.3 is 6.09 Å². The third kappa shape index (κ3) is 7.81. The summed E-state index contributed by atoms with van der Waals surface area (Å²) in [6.45, 7) is 4.68. The molecule has 3 aromatic carbocycles. The Morgan fingerprint density at radius 2 is 1.64 bits per heavy atom. The number of hydrogen-bond acceptors (Lipinski definition) is 10. The van der Waals surface area contributed by atoms with Crippen LogP contribution < -0.4 is 29.1 Å². The Labute approximate surface area is 257 Å². The van der Waals surface area contributed by atoms with E-state index in [9.17, 15) is 13.2 Å². The maximum absolute atomic E-state index is 13.8. The minimum Gasteiger partial charge on any atom is -0.497 e. The number of hydrogen-bond donors (Lipinski definition) is 2. The van der Waals surface area contributed by atoms with Crippen LogP contribution in [0.1, 0.15) is 11.1 Å². The molecule has 0 saturated heterocycles. The zero-order valence-electron chi connectivity index (χ0n) is 25.5. The van der Waals surface area contributed by atoms with Crippen molar-refractivity contribution in [2.75, 3.05) is 51.6 Å². The fourth-order valence-electron chi connectivity index (χ4n) is 4.37. The predicted octanol–water partition coefficient (Wildman–Crippen LogP) is 5.03. The maximum atomic E-state index is 13.8. The molecule has 0 bridgehead atoms. The SMILES string of the molecule is COc1ccc(N(C(=O)Oc2ccnc(Nc3ccc(S(=O)(=O)NCCN(C)C)cc3)n2)c2c(C)cccc2C)c(OC)c1. The number of benzene rings is 3. The van der Waals surface area contributed by atoms with Gasteiger partial charge in [-0.15, -0.1) is 0 Å². The highest BCUT2D eigenvalue weighted by molar-refractivity contribution is 7.89. The number of para-hydroxylation sites is 1. The lowest BCUT2D eigenvalue weighted by Crippen LogP contribution is -2.31. The van der Waals surface area contributed by atoms with Crippen molar-refractivity contribution in [3.63, 3.8) is 0 Å². The van der Waals surface area contributed by atoms with Gasteiger partial charge in [-0.2, -0.15) is 4.98 Å². The molecule has 1 heterocycles. The van der Waals surface area contributed by atoms with Crippen molar-refractivity contribution in [2.24, 2.45) is 0 Å². The molecule has 0 fully saturated rings. The Kier molecular flexibility index (Phi) is 10.4. The molecule has 0 aliphatic rings. The Morgan fingerprint density at radius 1 is 0.932 bits per heavy atom. The summed E-state index contributed by atoms with van der Waals surface area (Å²) in [7, 11) is 3.15. The molecule has 4 rings (SSSR count). The van der Waals surface area contributed by atoms with Crippen molar-refractivity contribution < 1.29 is 27.4 Å². The van der Waals surface area contributed by atoms with Gasteiger partial charge in [0.05, 0.1) is 30.5 Å². The first-order chi connectivity index (χ1) is 21.0. The van der Waals surface area contributed by atoms with Crippen molar-refractivity contribution in [1.82, 2.24) is 19.6 Å². The smallest absolute Gasteiger partial charge is 0.425 e. The van der Waals surface area contributed by atoms with Crippen LogP contribution in [0.25, 0.3) is 0 Å². The average Bonchev–Trinajstić information content (AvgIpc) is 2.99. The van der Waals surface area contributed by atoms with Gasteiger partial charge in [0.1, 0.15) is 11.5 Å². The quantitative estimate of drug-likeness (QED) is 0.222. The maximum Gasteiger partial charge on any atom is 0.425 e. The normalized spacial score (nSPS) is 11.2. The summed E-state index contributed by atoms with van der Waals surface area (Å²) in [5.41, 5.74) is 3.33. The highest BCUT2D eigenvalue weighted by atomic mass is 32.2. The molecule has 13 heteroatoms. The number of nitrogens with one attached hydrogen (secondary N) is 2. The number of aryl methyl sites for hydroxylation is 2. The summed E-state index contributed by atoms with van der Waals surface area (Å²) in [6.07, 6.45) is 0.731. The minimum atomic E-state index is -3.65. The zero-order chi connectivity index (χ0) is 31.9. The third-order valence-electron chi connectivity index (χ3n) is 6.57. The van der Waals surface area contributed by atoms with Gasteiger partial charge in [-0.25, -0.2) is 27.8 Å². The van der Waals surface area contributed by atoms with E-state index in [1.54, 1.807) is 37.4 Å². The van der Waals surface area contributed by atoms with Crippen LogP contribution >= 0.6 is 0 Å². The van der Waals surface area contributed by atoms with E-state index in [1.165, 1.54) is 36.4 Å². The molecular formula is C31H36N6O6S. The van der Waals surface area contributed by atoms with Crippen LogP contribution in [-0.4, -0.2) is 70.8 Å². The topological polar surface area (TPSA) is 135 Å². The summed E-state index contributed by atoms with van der Waals surface area (Å²) >= 11 is 0. The molecular weight excluding hydrogens is 584 g/mol. The molecule has 0 aliphatic heterocycles. The molecule has 2 N–H and O–H groups in total. The highest BCUT2D eigenvalue weighted by Gasteiger charge is 2.27. The van der Waals surface area contributed by atoms with Crippen LogP contribution in [0.2, 0.25) is 0 Å². The fraction of sp³-hybridized carbons (Fsp3) is 0.258. The molecule has 4 aromatic rings. The number of likely N-dealkylation sites (N-methyl/N-ethyl adjacent to an activating group) is 1. The van der Waals surface area contributed by atoms with Crippen LogP contribution in [0.3, 0.4) is 0 Å². The molecule has 1 amide bonds. The molecule has 0 spiro atoms. The molecule has 0 aliphatic carbocycles. The lowest BCUT2D eigenvalue weighted by molar-refractivity contribution is 0.208. The number of anilines is 4. The Morgan fingerprint density at radius 3 is 2.27 bits per heavy atom. The van der Waals surface area contributed by atoms with E-state index in [0.29, 0.717) is 41.7 Å². The van der Waals surface area contributed by atoms with Crippen LogP contribution in [0, 0.1) is 13.8 Å². The fourth-order valence-corrected chi connectivity index (χ4v) is 5.39. The average molecular weight is 621 g/mol. The summed E-state index contributed by atoms with van der Waals surface area (Å²) in [5.74, 6) is 1.13. The zero-order valence-corrected chi connectivity index (χ0v) is 26.3. The summed E-state index contributed by atoms with van der Waals surface area (Å²) in [5, 5.41) is 3.01. The van der Waals surface area contributed by atoms with Crippen LogP contribution in [0.4, 0.5) is 27.8 Å². The number of amides is 1. The molecule has 1 aromatic heterocycles. The van der Waals surface area contributed by atoms with Crippen LogP contribution in [-0.2, 0) is 10.0 Å². The molecule has 0 saturated carbocycles. The summed E-state index contributed by atoms with van der Waals surface area (Å²) < 4.78 is 44.4. The number of methoxy groups -OCH3 is 2. The highest BCUT2D eigenvalue weighted by Crippen LogP contribution is 2.39. The van der Waals surface area contributed by atoms with Crippen molar-refractivity contribution in [3.05, 3.63) is 84.1 Å². The second kappa shape index (κ2) is 14.2. The largest absolute Gasteiger partial charge is 0.497 e. The molecule has 12 nitrogen and oxygen atoms in total. The molecule has 44 heavy (non-hydrogen) atoms. The van der Waals surface area contributed by atoms with Crippen LogP contribution in [0.15, 0.2) is 77.8 Å². The Balaban J connectivity index is 1.57. The van der Waals surface area contributed by atoms with E-state index in [2.05, 4.69) is 20.0 Å². The first-order valence-electron chi connectivity index (χ1n) is 13.7. The van der Waals surface area contributed by atoms with Gasteiger partial charge in [-0.1, -0.05) is 18.2 Å². The lowest BCUT2D eigenvalue weighted by atomic mass is 10.1. The Bertz CT molecular complexity index is 1690. The van der Waals surface area contributed by atoms with Gasteiger partial charge in [0.25, 0.3) is 0 Å². The summed E-state index contributed by atoms with van der Waals surface area (Å²) in [6, 6.07) is 18.5. The number of carbonyl (C=O) groups is 1. The minimum absolute atomic E-state index is 0.000468. The van der Waals surface area contributed by atoms with Crippen molar-refractivity contribution in [3.8, 4) is 17.4 Å². The second-order valence-electron chi connectivity index (χ2n) is 10.1. The number of nitrogens with zero attached hydrogens (tertiary/aromatic N) is 4. The molecule has 0 atom stereocenters. The number of rotatable bonds is 12. The lowest BCUT2D eigenvalue weighted by Gasteiger charge is -2.27. The molecule has 232 valence electrons. The van der Waals surface area contributed by atoms with Crippen molar-refractivity contribution in [2.45, 2.75) is 18.7 Å². The van der Waals surface area contributed by atoms with Gasteiger partial charge in [0.2, 0.25) is 21.9 Å². The van der Waals surface area contributed by atoms with E-state index >= 15 is 0 Å². The predicted molar refractivity (Wildman–Crippen MR) is 169 cm³/mol. The van der Waals surface area contributed by atoms with Gasteiger partial charge in [-0.3, -0.25) is 0 Å². The summed E-state index contributed by atoms with van der Waals surface area (Å²) in [4.78, 5) is 25.8.